The van der Waals surface area contributed by atoms with Gasteiger partial charge in [0, 0.05) is 18.0 Å². The number of rotatable bonds is 4. The summed E-state index contributed by atoms with van der Waals surface area (Å²) in [6.45, 7) is 0. The number of nitrogens with zero attached hydrogens (tertiary/aromatic N) is 1. The van der Waals surface area contributed by atoms with Crippen LogP contribution in [0.1, 0.15) is 15.2 Å². The lowest BCUT2D eigenvalue weighted by Crippen LogP contribution is -2.25. The van der Waals surface area contributed by atoms with Crippen molar-refractivity contribution in [2.24, 2.45) is 0 Å². The third-order valence-corrected chi connectivity index (χ3v) is 4.40. The highest BCUT2D eigenvalue weighted by Gasteiger charge is 2.15. The van der Waals surface area contributed by atoms with Crippen molar-refractivity contribution in [1.82, 2.24) is 0 Å². The lowest BCUT2D eigenvalue weighted by Gasteiger charge is -2.17. The topological polar surface area (TPSA) is 57.6 Å². The Morgan fingerprint density at radius 2 is 1.95 bits per heavy atom. The Morgan fingerprint density at radius 1 is 1.24 bits per heavy atom. The molecule has 1 heterocycles. The maximum atomic E-state index is 12.1. The number of halogens is 1. The molecule has 0 fully saturated rings. The molecule has 1 aromatic heterocycles. The van der Waals surface area contributed by atoms with Crippen molar-refractivity contribution in [3.8, 4) is 0 Å². The molecule has 108 valence electrons. The minimum atomic E-state index is -1.06. The number of carboxylic acids is 1. The van der Waals surface area contributed by atoms with E-state index in [0.29, 0.717) is 5.69 Å². The SMILES string of the molecule is CN(C(=O)/C=C/c1ccc(Br)s1)c1ccccc1C(=O)O. The maximum Gasteiger partial charge on any atom is 0.337 e. The standard InChI is InChI=1S/C15H12BrNO3S/c1-17(12-5-3-2-4-11(12)15(19)20)14(18)9-7-10-6-8-13(16)21-10/h2-9H,1H3,(H,19,20)/b9-7+. The van der Waals surface area contributed by atoms with Crippen molar-refractivity contribution in [3.63, 3.8) is 0 Å². The van der Waals surface area contributed by atoms with Crippen LogP contribution in [0.15, 0.2) is 46.3 Å². The van der Waals surface area contributed by atoms with Crippen LogP contribution in [0.4, 0.5) is 5.69 Å². The molecule has 0 aliphatic carbocycles. The summed E-state index contributed by atoms with van der Waals surface area (Å²) in [6.07, 6.45) is 3.13. The van der Waals surface area contributed by atoms with Gasteiger partial charge in [-0.3, -0.25) is 4.79 Å². The Kier molecular flexibility index (Phi) is 4.93. The summed E-state index contributed by atoms with van der Waals surface area (Å²) in [5, 5.41) is 9.15. The van der Waals surface area contributed by atoms with Crippen LogP contribution < -0.4 is 4.90 Å². The molecule has 0 saturated carbocycles. The first-order valence-electron chi connectivity index (χ1n) is 6.02. The highest BCUT2D eigenvalue weighted by atomic mass is 79.9. The Labute approximate surface area is 134 Å². The van der Waals surface area contributed by atoms with Gasteiger partial charge in [-0.25, -0.2) is 4.79 Å². The molecular weight excluding hydrogens is 354 g/mol. The first-order valence-corrected chi connectivity index (χ1v) is 7.63. The Morgan fingerprint density at radius 3 is 2.57 bits per heavy atom. The van der Waals surface area contributed by atoms with Gasteiger partial charge in [-0.1, -0.05) is 12.1 Å². The number of carbonyl (C=O) groups excluding carboxylic acids is 1. The van der Waals surface area contributed by atoms with Crippen molar-refractivity contribution >= 4 is 50.9 Å². The van der Waals surface area contributed by atoms with E-state index in [4.69, 9.17) is 5.11 Å². The summed E-state index contributed by atoms with van der Waals surface area (Å²) in [5.74, 6) is -1.34. The minimum absolute atomic E-state index is 0.0978. The van der Waals surface area contributed by atoms with E-state index >= 15 is 0 Å². The molecule has 0 aliphatic rings. The normalized spacial score (nSPS) is 10.8. The monoisotopic (exact) mass is 365 g/mol. The predicted octanol–water partition coefficient (Wildman–Crippen LogP) is 3.89. The molecule has 0 unspecified atom stereocenters. The molecule has 0 bridgehead atoms. The van der Waals surface area contributed by atoms with Crippen molar-refractivity contribution < 1.29 is 14.7 Å². The summed E-state index contributed by atoms with van der Waals surface area (Å²) < 4.78 is 0.985. The number of likely N-dealkylation sites (N-methyl/N-ethyl adjacent to an activating group) is 1. The summed E-state index contributed by atoms with van der Waals surface area (Å²) in [6, 6.07) is 10.2. The van der Waals surface area contributed by atoms with Crippen LogP contribution in [0.25, 0.3) is 6.08 Å². The molecule has 2 rings (SSSR count). The molecule has 21 heavy (non-hydrogen) atoms. The number of para-hydroxylation sites is 1. The van der Waals surface area contributed by atoms with Gasteiger partial charge in [0.15, 0.2) is 0 Å². The van der Waals surface area contributed by atoms with Gasteiger partial charge in [-0.15, -0.1) is 11.3 Å². The van der Waals surface area contributed by atoms with E-state index < -0.39 is 5.97 Å². The molecule has 4 nitrogen and oxygen atoms in total. The molecule has 0 spiro atoms. The lowest BCUT2D eigenvalue weighted by atomic mass is 10.1. The summed E-state index contributed by atoms with van der Waals surface area (Å²) in [7, 11) is 1.55. The van der Waals surface area contributed by atoms with Gasteiger partial charge in [0.05, 0.1) is 15.0 Å². The van der Waals surface area contributed by atoms with Gasteiger partial charge < -0.3 is 10.0 Å². The summed E-state index contributed by atoms with van der Waals surface area (Å²) >= 11 is 4.86. The van der Waals surface area contributed by atoms with Gasteiger partial charge in [0.1, 0.15) is 0 Å². The van der Waals surface area contributed by atoms with Crippen molar-refractivity contribution in [1.29, 1.82) is 0 Å². The molecule has 1 N–H and O–H groups in total. The number of amides is 1. The van der Waals surface area contributed by atoms with Crippen LogP contribution in [0.5, 0.6) is 0 Å². The third-order valence-electron chi connectivity index (χ3n) is 2.81. The second-order valence-corrected chi connectivity index (χ2v) is 6.69. The highest BCUT2D eigenvalue weighted by Crippen LogP contribution is 2.23. The second-order valence-electron chi connectivity index (χ2n) is 4.19. The zero-order valence-electron chi connectivity index (χ0n) is 11.1. The number of aromatic carboxylic acids is 1. The fourth-order valence-electron chi connectivity index (χ4n) is 1.75. The van der Waals surface area contributed by atoms with E-state index in [1.165, 1.54) is 28.4 Å². The first kappa shape index (κ1) is 15.5. The predicted molar refractivity (Wildman–Crippen MR) is 87.9 cm³/mol. The minimum Gasteiger partial charge on any atom is -0.478 e. The van der Waals surface area contributed by atoms with Crippen LogP contribution in [-0.2, 0) is 4.79 Å². The van der Waals surface area contributed by atoms with Crippen molar-refractivity contribution in [2.75, 3.05) is 11.9 Å². The van der Waals surface area contributed by atoms with Crippen LogP contribution in [0, 0.1) is 0 Å². The van der Waals surface area contributed by atoms with E-state index in [1.807, 2.05) is 12.1 Å². The molecule has 0 aliphatic heterocycles. The maximum absolute atomic E-state index is 12.1. The molecule has 2 aromatic rings. The van der Waals surface area contributed by atoms with E-state index in [9.17, 15) is 9.59 Å². The van der Waals surface area contributed by atoms with E-state index in [0.717, 1.165) is 8.66 Å². The summed E-state index contributed by atoms with van der Waals surface area (Å²) in [5.41, 5.74) is 0.465. The van der Waals surface area contributed by atoms with E-state index in [2.05, 4.69) is 15.9 Å². The zero-order chi connectivity index (χ0) is 15.4. The Balaban J connectivity index is 2.20. The highest BCUT2D eigenvalue weighted by molar-refractivity contribution is 9.11. The number of carbonyl (C=O) groups is 2. The van der Waals surface area contributed by atoms with Gasteiger partial charge in [-0.05, 0) is 46.3 Å². The molecule has 0 atom stereocenters. The van der Waals surface area contributed by atoms with Crippen molar-refractivity contribution in [2.45, 2.75) is 0 Å². The van der Waals surface area contributed by atoms with E-state index in [1.54, 1.807) is 31.3 Å². The quantitative estimate of drug-likeness (QED) is 0.836. The number of thiophene rings is 1. The van der Waals surface area contributed by atoms with Crippen LogP contribution in [0.2, 0.25) is 0 Å². The third kappa shape index (κ3) is 3.80. The number of hydrogen-bond acceptors (Lipinski definition) is 3. The number of hydrogen-bond donors (Lipinski definition) is 1. The molecular formula is C15H12BrNO3S. The smallest absolute Gasteiger partial charge is 0.337 e. The Bertz CT molecular complexity index is 708. The summed E-state index contributed by atoms with van der Waals surface area (Å²) in [4.78, 5) is 25.6. The fraction of sp³-hybridized carbons (Fsp3) is 0.0667. The average Bonchev–Trinajstić information content (AvgIpc) is 2.89. The molecule has 1 amide bonds. The molecule has 0 saturated heterocycles. The molecule has 0 radical (unpaired) electrons. The fourth-order valence-corrected chi connectivity index (χ4v) is 3.08. The Hall–Kier alpha value is -1.92. The van der Waals surface area contributed by atoms with Gasteiger partial charge in [0.25, 0.3) is 5.91 Å². The number of carboxylic acid groups (broad SMARTS) is 1. The average molecular weight is 366 g/mol. The zero-order valence-corrected chi connectivity index (χ0v) is 13.5. The van der Waals surface area contributed by atoms with Gasteiger partial charge in [-0.2, -0.15) is 0 Å². The molecule has 1 aromatic carbocycles. The number of benzene rings is 1. The van der Waals surface area contributed by atoms with Crippen LogP contribution in [0.3, 0.4) is 0 Å². The lowest BCUT2D eigenvalue weighted by molar-refractivity contribution is -0.113. The van der Waals surface area contributed by atoms with Crippen molar-refractivity contribution in [3.05, 3.63) is 56.7 Å². The molecule has 6 heteroatoms. The van der Waals surface area contributed by atoms with Crippen LogP contribution in [-0.4, -0.2) is 24.0 Å². The van der Waals surface area contributed by atoms with Gasteiger partial charge >= 0.3 is 5.97 Å². The largest absolute Gasteiger partial charge is 0.478 e. The second kappa shape index (κ2) is 6.69. The first-order chi connectivity index (χ1) is 9.99. The van der Waals surface area contributed by atoms with Gasteiger partial charge in [0.2, 0.25) is 0 Å². The van der Waals surface area contributed by atoms with E-state index in [-0.39, 0.29) is 11.5 Å². The van der Waals surface area contributed by atoms with Crippen LogP contribution >= 0.6 is 27.3 Å². The number of anilines is 1.